The first-order chi connectivity index (χ1) is 12.9. The third-order valence-electron chi connectivity index (χ3n) is 5.02. The van der Waals surface area contributed by atoms with Crippen molar-refractivity contribution >= 4 is 22.7 Å². The van der Waals surface area contributed by atoms with Gasteiger partial charge in [-0.1, -0.05) is 43.3 Å². The molecule has 0 aliphatic rings. The summed E-state index contributed by atoms with van der Waals surface area (Å²) in [6.07, 6.45) is 0.711. The lowest BCUT2D eigenvalue weighted by atomic mass is 9.87. The minimum absolute atomic E-state index is 0.0263. The van der Waals surface area contributed by atoms with Gasteiger partial charge in [0.15, 0.2) is 5.78 Å². The molecule has 27 heavy (non-hydrogen) atoms. The summed E-state index contributed by atoms with van der Waals surface area (Å²) in [6.45, 7) is 7.92. The Morgan fingerprint density at radius 1 is 1.07 bits per heavy atom. The summed E-state index contributed by atoms with van der Waals surface area (Å²) >= 11 is 0. The molecule has 2 aromatic carbocycles. The molecule has 4 heteroatoms. The number of esters is 1. The number of carbonyl (C=O) groups is 2. The number of H-pyrrole nitrogens is 1. The lowest BCUT2D eigenvalue weighted by Crippen LogP contribution is -2.08. The van der Waals surface area contributed by atoms with E-state index < -0.39 is 0 Å². The summed E-state index contributed by atoms with van der Waals surface area (Å²) < 4.78 is 5.12. The highest BCUT2D eigenvalue weighted by molar-refractivity contribution is 6.18. The maximum atomic E-state index is 13.2. The molecule has 1 heterocycles. The number of nitrogens with one attached hydrogen (secondary N) is 1. The van der Waals surface area contributed by atoms with Crippen molar-refractivity contribution in [1.82, 2.24) is 4.98 Å². The molecular weight excluding hydrogens is 338 g/mol. The fraction of sp³-hybridized carbons (Fsp3) is 0.304. The smallest absolute Gasteiger partial charge is 0.302 e. The number of hydrogen-bond donors (Lipinski definition) is 1. The number of rotatable bonds is 6. The van der Waals surface area contributed by atoms with E-state index in [2.05, 4.69) is 24.9 Å². The molecule has 0 radical (unpaired) electrons. The molecule has 1 unspecified atom stereocenters. The zero-order valence-corrected chi connectivity index (χ0v) is 16.3. The van der Waals surface area contributed by atoms with E-state index in [1.807, 2.05) is 43.3 Å². The molecule has 0 fully saturated rings. The van der Waals surface area contributed by atoms with Crippen molar-refractivity contribution in [2.24, 2.45) is 0 Å². The molecule has 0 bridgehead atoms. The summed E-state index contributed by atoms with van der Waals surface area (Å²) in [7, 11) is 0. The number of hydrogen-bond acceptors (Lipinski definition) is 3. The Balaban J connectivity index is 2.10. The van der Waals surface area contributed by atoms with E-state index in [0.717, 1.165) is 33.3 Å². The lowest BCUT2D eigenvalue weighted by molar-refractivity contribution is -0.141. The van der Waals surface area contributed by atoms with Crippen LogP contribution in [0.2, 0.25) is 0 Å². The van der Waals surface area contributed by atoms with Crippen LogP contribution in [0.4, 0.5) is 0 Å². The second kappa shape index (κ2) is 7.78. The summed E-state index contributed by atoms with van der Waals surface area (Å²) in [5.41, 5.74) is 5.53. The van der Waals surface area contributed by atoms with Gasteiger partial charge in [0.05, 0.1) is 12.2 Å². The van der Waals surface area contributed by atoms with E-state index in [-0.39, 0.29) is 17.7 Å². The van der Waals surface area contributed by atoms with Gasteiger partial charge in [0, 0.05) is 29.1 Å². The summed E-state index contributed by atoms with van der Waals surface area (Å²) in [5.74, 6) is -0.0847. The van der Waals surface area contributed by atoms with Crippen LogP contribution in [0.1, 0.15) is 58.9 Å². The second-order valence-corrected chi connectivity index (χ2v) is 7.07. The van der Waals surface area contributed by atoms with Crippen LogP contribution >= 0.6 is 0 Å². The normalized spacial score (nSPS) is 12.1. The van der Waals surface area contributed by atoms with E-state index in [1.54, 1.807) is 0 Å². The minimum Gasteiger partial charge on any atom is -0.466 e. The molecular formula is C23H25NO3. The third kappa shape index (κ3) is 3.80. The average Bonchev–Trinajstić information content (AvgIpc) is 2.97. The van der Waals surface area contributed by atoms with Crippen LogP contribution in [0, 0.1) is 13.8 Å². The number of aryl methyl sites for hydroxylation is 2. The SMILES string of the molecule is CC(=O)OCCC(C)c1c(C)ccc2[nH]c(C)c(C(=O)c3ccccc3)c12. The van der Waals surface area contributed by atoms with Crippen LogP contribution in [0.25, 0.3) is 10.9 Å². The van der Waals surface area contributed by atoms with Crippen LogP contribution < -0.4 is 0 Å². The van der Waals surface area contributed by atoms with Gasteiger partial charge in [-0.05, 0) is 43.4 Å². The molecule has 1 aromatic heterocycles. The van der Waals surface area contributed by atoms with E-state index >= 15 is 0 Å². The highest BCUT2D eigenvalue weighted by Gasteiger charge is 2.23. The number of carbonyl (C=O) groups excluding carboxylic acids is 2. The van der Waals surface area contributed by atoms with Gasteiger partial charge in [-0.2, -0.15) is 0 Å². The van der Waals surface area contributed by atoms with Gasteiger partial charge < -0.3 is 9.72 Å². The molecule has 0 spiro atoms. The number of benzene rings is 2. The number of aromatic amines is 1. The second-order valence-electron chi connectivity index (χ2n) is 7.07. The highest BCUT2D eigenvalue weighted by atomic mass is 16.5. The Bertz CT molecular complexity index is 986. The molecule has 1 atom stereocenters. The monoisotopic (exact) mass is 363 g/mol. The average molecular weight is 363 g/mol. The van der Waals surface area contributed by atoms with Gasteiger partial charge in [0.1, 0.15) is 0 Å². The van der Waals surface area contributed by atoms with Gasteiger partial charge in [-0.3, -0.25) is 9.59 Å². The van der Waals surface area contributed by atoms with Crippen molar-refractivity contribution in [2.75, 3.05) is 6.61 Å². The Morgan fingerprint density at radius 2 is 1.78 bits per heavy atom. The molecule has 3 rings (SSSR count). The van der Waals surface area contributed by atoms with Crippen molar-refractivity contribution in [2.45, 2.75) is 40.0 Å². The molecule has 0 saturated heterocycles. The maximum absolute atomic E-state index is 13.2. The number of ether oxygens (including phenoxy) is 1. The molecule has 0 aliphatic heterocycles. The fourth-order valence-electron chi connectivity index (χ4n) is 3.73. The van der Waals surface area contributed by atoms with Gasteiger partial charge in [0.25, 0.3) is 0 Å². The minimum atomic E-state index is -0.269. The fourth-order valence-corrected chi connectivity index (χ4v) is 3.73. The first-order valence-electron chi connectivity index (χ1n) is 9.25. The molecule has 3 aromatic rings. The van der Waals surface area contributed by atoms with Crippen LogP contribution in [0.3, 0.4) is 0 Å². The van der Waals surface area contributed by atoms with Crippen molar-refractivity contribution in [1.29, 1.82) is 0 Å². The Labute approximate surface area is 159 Å². The van der Waals surface area contributed by atoms with E-state index in [4.69, 9.17) is 4.74 Å². The predicted molar refractivity (Wildman–Crippen MR) is 107 cm³/mol. The third-order valence-corrected chi connectivity index (χ3v) is 5.02. The first kappa shape index (κ1) is 18.9. The van der Waals surface area contributed by atoms with Crippen LogP contribution in [0.15, 0.2) is 42.5 Å². The summed E-state index contributed by atoms with van der Waals surface area (Å²) in [6, 6.07) is 13.5. The molecule has 4 nitrogen and oxygen atoms in total. The lowest BCUT2D eigenvalue weighted by Gasteiger charge is -2.17. The Kier molecular flexibility index (Phi) is 5.45. The quantitative estimate of drug-likeness (QED) is 0.491. The Hall–Kier alpha value is -2.88. The van der Waals surface area contributed by atoms with Crippen LogP contribution in [-0.2, 0) is 9.53 Å². The van der Waals surface area contributed by atoms with Crippen molar-refractivity contribution in [3.8, 4) is 0 Å². The molecule has 140 valence electrons. The molecule has 0 saturated carbocycles. The van der Waals surface area contributed by atoms with Crippen molar-refractivity contribution in [3.05, 3.63) is 70.4 Å². The number of aromatic nitrogens is 1. The van der Waals surface area contributed by atoms with Crippen LogP contribution in [-0.4, -0.2) is 23.3 Å². The maximum Gasteiger partial charge on any atom is 0.302 e. The van der Waals surface area contributed by atoms with Crippen molar-refractivity contribution in [3.63, 3.8) is 0 Å². The summed E-state index contributed by atoms with van der Waals surface area (Å²) in [4.78, 5) is 27.7. The summed E-state index contributed by atoms with van der Waals surface area (Å²) in [5, 5.41) is 0.983. The zero-order valence-electron chi connectivity index (χ0n) is 16.3. The number of fused-ring (bicyclic) bond motifs is 1. The predicted octanol–water partition coefficient (Wildman–Crippen LogP) is 5.07. The first-order valence-corrected chi connectivity index (χ1v) is 9.25. The van der Waals surface area contributed by atoms with Crippen molar-refractivity contribution < 1.29 is 14.3 Å². The molecule has 1 N–H and O–H groups in total. The van der Waals surface area contributed by atoms with Gasteiger partial charge in [0.2, 0.25) is 0 Å². The highest BCUT2D eigenvalue weighted by Crippen LogP contribution is 2.35. The van der Waals surface area contributed by atoms with E-state index in [0.29, 0.717) is 18.6 Å². The van der Waals surface area contributed by atoms with E-state index in [9.17, 15) is 9.59 Å². The Morgan fingerprint density at radius 3 is 2.44 bits per heavy atom. The molecule has 0 amide bonds. The van der Waals surface area contributed by atoms with Gasteiger partial charge in [-0.15, -0.1) is 0 Å². The standard InChI is InChI=1S/C23H25NO3/c1-14-10-11-19-22(20(14)15(2)12-13-27-17(4)25)21(16(3)24-19)23(26)18-8-6-5-7-9-18/h5-11,15,24H,12-13H2,1-4H3. The van der Waals surface area contributed by atoms with Gasteiger partial charge >= 0.3 is 5.97 Å². The largest absolute Gasteiger partial charge is 0.466 e. The van der Waals surface area contributed by atoms with E-state index in [1.165, 1.54) is 6.92 Å². The van der Waals surface area contributed by atoms with Crippen LogP contribution in [0.5, 0.6) is 0 Å². The zero-order chi connectivity index (χ0) is 19.6. The molecule has 0 aliphatic carbocycles. The topological polar surface area (TPSA) is 59.2 Å². The number of ketones is 1. The van der Waals surface area contributed by atoms with Gasteiger partial charge in [-0.25, -0.2) is 0 Å².